The first-order chi connectivity index (χ1) is 9.10. The van der Waals surface area contributed by atoms with Crippen molar-refractivity contribution in [2.45, 2.75) is 39.2 Å². The summed E-state index contributed by atoms with van der Waals surface area (Å²) in [5.41, 5.74) is 0.837. The average Bonchev–Trinajstić information content (AvgIpc) is 2.40. The zero-order chi connectivity index (χ0) is 13.8. The van der Waals surface area contributed by atoms with Crippen LogP contribution in [0.2, 0.25) is 0 Å². The van der Waals surface area contributed by atoms with Gasteiger partial charge in [-0.3, -0.25) is 4.79 Å². The maximum atomic E-state index is 13.0. The van der Waals surface area contributed by atoms with E-state index in [9.17, 15) is 9.18 Å². The number of aryl methyl sites for hydroxylation is 1. The molecule has 1 aliphatic heterocycles. The average molecular weight is 266 g/mol. The molecular formula is C14H19FN2O2. The van der Waals surface area contributed by atoms with E-state index < -0.39 is 0 Å². The molecule has 0 amide bonds. The van der Waals surface area contributed by atoms with Crippen molar-refractivity contribution >= 4 is 11.8 Å². The van der Waals surface area contributed by atoms with Gasteiger partial charge in [0.15, 0.2) is 0 Å². The number of nitrogens with zero attached hydrogens (tertiary/aromatic N) is 2. The Hall–Kier alpha value is -1.65. The number of pyridine rings is 1. The fraction of sp³-hybridized carbons (Fsp3) is 0.571. The van der Waals surface area contributed by atoms with Crippen molar-refractivity contribution in [1.29, 1.82) is 0 Å². The van der Waals surface area contributed by atoms with E-state index in [1.807, 2.05) is 6.92 Å². The van der Waals surface area contributed by atoms with Crippen molar-refractivity contribution in [3.8, 4) is 0 Å². The van der Waals surface area contributed by atoms with Gasteiger partial charge >= 0.3 is 5.97 Å². The summed E-state index contributed by atoms with van der Waals surface area (Å²) in [6.07, 6.45) is 3.25. The number of hydrogen-bond donors (Lipinski definition) is 0. The topological polar surface area (TPSA) is 42.4 Å². The molecule has 0 spiro atoms. The molecule has 1 aliphatic rings. The molecule has 0 aliphatic carbocycles. The lowest BCUT2D eigenvalue weighted by Gasteiger charge is -2.33. The number of esters is 1. The van der Waals surface area contributed by atoms with Gasteiger partial charge in [0.05, 0.1) is 6.20 Å². The van der Waals surface area contributed by atoms with E-state index in [0.29, 0.717) is 6.42 Å². The Morgan fingerprint density at radius 3 is 2.79 bits per heavy atom. The number of carbonyl (C=O) groups is 1. The predicted molar refractivity (Wildman–Crippen MR) is 70.6 cm³/mol. The fourth-order valence-corrected chi connectivity index (χ4v) is 2.32. The zero-order valence-electron chi connectivity index (χ0n) is 11.4. The third-order valence-corrected chi connectivity index (χ3v) is 3.35. The van der Waals surface area contributed by atoms with E-state index in [2.05, 4.69) is 9.88 Å². The molecule has 0 unspecified atom stereocenters. The van der Waals surface area contributed by atoms with Gasteiger partial charge in [0, 0.05) is 32.4 Å². The van der Waals surface area contributed by atoms with Crippen LogP contribution in [0.3, 0.4) is 0 Å². The minimum absolute atomic E-state index is 0.00412. The van der Waals surface area contributed by atoms with Gasteiger partial charge in [0.2, 0.25) is 0 Å². The highest BCUT2D eigenvalue weighted by atomic mass is 19.1. The smallest absolute Gasteiger partial charge is 0.305 e. The molecule has 0 saturated carbocycles. The summed E-state index contributed by atoms with van der Waals surface area (Å²) in [5.74, 6) is 0.365. The maximum Gasteiger partial charge on any atom is 0.305 e. The summed E-state index contributed by atoms with van der Waals surface area (Å²) >= 11 is 0. The number of halogens is 1. The molecule has 0 aromatic carbocycles. The second-order valence-corrected chi connectivity index (χ2v) is 4.82. The Bertz CT molecular complexity index is 457. The van der Waals surface area contributed by atoms with Gasteiger partial charge in [0.25, 0.3) is 0 Å². The van der Waals surface area contributed by atoms with E-state index in [4.69, 9.17) is 4.74 Å². The van der Waals surface area contributed by atoms with Crippen molar-refractivity contribution in [2.75, 3.05) is 18.0 Å². The van der Waals surface area contributed by atoms with Crippen molar-refractivity contribution in [2.24, 2.45) is 0 Å². The summed E-state index contributed by atoms with van der Waals surface area (Å²) in [6, 6.07) is 1.49. The van der Waals surface area contributed by atoms with Crippen LogP contribution < -0.4 is 4.90 Å². The third-order valence-electron chi connectivity index (χ3n) is 3.35. The standard InChI is InChI=1S/C14H19FN2O2/c1-3-13(18)19-12-4-6-17(7-5-12)14-10(2)8-11(15)9-16-14/h8-9,12H,3-7H2,1-2H3. The van der Waals surface area contributed by atoms with Gasteiger partial charge in [0.1, 0.15) is 17.7 Å². The summed E-state index contributed by atoms with van der Waals surface area (Å²) in [6.45, 7) is 5.21. The van der Waals surface area contributed by atoms with E-state index in [1.165, 1.54) is 12.3 Å². The first-order valence-electron chi connectivity index (χ1n) is 6.66. The number of piperidine rings is 1. The molecule has 0 atom stereocenters. The van der Waals surface area contributed by atoms with Gasteiger partial charge in [-0.1, -0.05) is 6.92 Å². The van der Waals surface area contributed by atoms with Crippen LogP contribution in [0.1, 0.15) is 31.7 Å². The SMILES string of the molecule is CCC(=O)OC1CCN(c2ncc(F)cc2C)CC1. The number of hydrogen-bond acceptors (Lipinski definition) is 4. The molecule has 104 valence electrons. The normalized spacial score (nSPS) is 16.5. The summed E-state index contributed by atoms with van der Waals surface area (Å²) in [4.78, 5) is 17.5. The zero-order valence-corrected chi connectivity index (χ0v) is 11.4. The Labute approximate surface area is 112 Å². The molecule has 2 heterocycles. The van der Waals surface area contributed by atoms with Crippen LogP contribution in [-0.4, -0.2) is 30.1 Å². The van der Waals surface area contributed by atoms with Gasteiger partial charge in [-0.2, -0.15) is 0 Å². The van der Waals surface area contributed by atoms with E-state index in [-0.39, 0.29) is 17.9 Å². The van der Waals surface area contributed by atoms with Gasteiger partial charge in [-0.05, 0) is 18.6 Å². The van der Waals surface area contributed by atoms with Crippen molar-refractivity contribution < 1.29 is 13.9 Å². The molecule has 2 rings (SSSR count). The number of carbonyl (C=O) groups excluding carboxylic acids is 1. The molecule has 1 saturated heterocycles. The molecule has 1 aromatic heterocycles. The maximum absolute atomic E-state index is 13.0. The minimum Gasteiger partial charge on any atom is -0.462 e. The molecule has 0 N–H and O–H groups in total. The van der Waals surface area contributed by atoms with E-state index in [1.54, 1.807) is 6.92 Å². The van der Waals surface area contributed by atoms with Crippen LogP contribution in [0.5, 0.6) is 0 Å². The predicted octanol–water partition coefficient (Wildman–Crippen LogP) is 2.45. The molecule has 0 radical (unpaired) electrons. The van der Waals surface area contributed by atoms with Crippen molar-refractivity contribution in [3.05, 3.63) is 23.6 Å². The minimum atomic E-state index is -0.312. The molecule has 1 aromatic rings. The molecule has 5 heteroatoms. The Morgan fingerprint density at radius 1 is 1.53 bits per heavy atom. The summed E-state index contributed by atoms with van der Waals surface area (Å²) in [7, 11) is 0. The lowest BCUT2D eigenvalue weighted by Crippen LogP contribution is -2.38. The second-order valence-electron chi connectivity index (χ2n) is 4.82. The van der Waals surface area contributed by atoms with E-state index in [0.717, 1.165) is 37.3 Å². The number of ether oxygens (including phenoxy) is 1. The van der Waals surface area contributed by atoms with Gasteiger partial charge < -0.3 is 9.64 Å². The summed E-state index contributed by atoms with van der Waals surface area (Å²) < 4.78 is 18.3. The largest absolute Gasteiger partial charge is 0.462 e. The molecule has 19 heavy (non-hydrogen) atoms. The molecule has 1 fully saturated rings. The van der Waals surface area contributed by atoms with Crippen molar-refractivity contribution in [1.82, 2.24) is 4.98 Å². The highest BCUT2D eigenvalue weighted by Gasteiger charge is 2.23. The first-order valence-corrected chi connectivity index (χ1v) is 6.66. The Morgan fingerprint density at radius 2 is 2.21 bits per heavy atom. The van der Waals surface area contributed by atoms with Gasteiger partial charge in [-0.25, -0.2) is 9.37 Å². The third kappa shape index (κ3) is 3.43. The Balaban J connectivity index is 1.94. The van der Waals surface area contributed by atoms with Crippen LogP contribution in [0.25, 0.3) is 0 Å². The Kier molecular flexibility index (Phi) is 4.35. The highest BCUT2D eigenvalue weighted by Crippen LogP contribution is 2.23. The van der Waals surface area contributed by atoms with Crippen LogP contribution in [0.15, 0.2) is 12.3 Å². The van der Waals surface area contributed by atoms with Crippen LogP contribution in [-0.2, 0) is 9.53 Å². The number of anilines is 1. The van der Waals surface area contributed by atoms with Crippen LogP contribution >= 0.6 is 0 Å². The van der Waals surface area contributed by atoms with E-state index >= 15 is 0 Å². The first kappa shape index (κ1) is 13.8. The lowest BCUT2D eigenvalue weighted by molar-refractivity contribution is -0.149. The summed E-state index contributed by atoms with van der Waals surface area (Å²) in [5, 5.41) is 0. The fourth-order valence-electron chi connectivity index (χ4n) is 2.32. The van der Waals surface area contributed by atoms with Crippen molar-refractivity contribution in [3.63, 3.8) is 0 Å². The number of aromatic nitrogens is 1. The highest BCUT2D eigenvalue weighted by molar-refractivity contribution is 5.69. The second kappa shape index (κ2) is 5.99. The van der Waals surface area contributed by atoms with Gasteiger partial charge in [-0.15, -0.1) is 0 Å². The lowest BCUT2D eigenvalue weighted by atomic mass is 10.1. The molecule has 0 bridgehead atoms. The quantitative estimate of drug-likeness (QED) is 0.788. The van der Waals surface area contributed by atoms with Crippen LogP contribution in [0, 0.1) is 12.7 Å². The monoisotopic (exact) mass is 266 g/mol. The molecular weight excluding hydrogens is 247 g/mol. The number of rotatable bonds is 3. The van der Waals surface area contributed by atoms with Crippen LogP contribution in [0.4, 0.5) is 10.2 Å². The molecule has 4 nitrogen and oxygen atoms in total.